The minimum Gasteiger partial charge on any atom is -0.505 e. The second-order valence-corrected chi connectivity index (χ2v) is 8.59. The van der Waals surface area contributed by atoms with E-state index in [-0.39, 0.29) is 11.3 Å². The standard InChI is InChI=1S/C27H32N4O4/c1-5-29(6-2)15-11-17-31-24(19-12-7-8-13-20(19)35-4)22(26(33)27(31)34)25(32)23-18(3)28-21-14-9-10-16-30(21)23/h7-10,12-14,16,24,32H,5-6,11,15,17H2,1-4H3/t24-/m1/s1. The van der Waals surface area contributed by atoms with E-state index in [9.17, 15) is 14.7 Å². The number of fused-ring (bicyclic) bond motifs is 1. The molecule has 1 N–H and O–H groups in total. The van der Waals surface area contributed by atoms with Crippen LogP contribution in [0.3, 0.4) is 0 Å². The summed E-state index contributed by atoms with van der Waals surface area (Å²) in [7, 11) is 1.56. The number of hydrogen-bond donors (Lipinski definition) is 1. The number of carbonyl (C=O) groups is 2. The highest BCUT2D eigenvalue weighted by Crippen LogP contribution is 2.43. The van der Waals surface area contributed by atoms with Gasteiger partial charge in [0.05, 0.1) is 24.4 Å². The number of ketones is 1. The summed E-state index contributed by atoms with van der Waals surface area (Å²) < 4.78 is 7.32. The fourth-order valence-corrected chi connectivity index (χ4v) is 4.86. The summed E-state index contributed by atoms with van der Waals surface area (Å²) in [4.78, 5) is 35.0. The molecule has 0 spiro atoms. The molecule has 35 heavy (non-hydrogen) atoms. The summed E-state index contributed by atoms with van der Waals surface area (Å²) in [5, 5.41) is 11.5. The normalized spacial score (nSPS) is 17.6. The van der Waals surface area contributed by atoms with Gasteiger partial charge >= 0.3 is 0 Å². The zero-order valence-corrected chi connectivity index (χ0v) is 20.7. The lowest BCUT2D eigenvalue weighted by atomic mass is 9.95. The first-order valence-electron chi connectivity index (χ1n) is 12.0. The number of benzene rings is 1. The first-order chi connectivity index (χ1) is 16.9. The maximum Gasteiger partial charge on any atom is 0.295 e. The van der Waals surface area contributed by atoms with Gasteiger partial charge in [-0.05, 0) is 51.2 Å². The molecule has 1 aliphatic rings. The summed E-state index contributed by atoms with van der Waals surface area (Å²) >= 11 is 0. The average molecular weight is 477 g/mol. The Morgan fingerprint density at radius 1 is 1.11 bits per heavy atom. The lowest BCUT2D eigenvalue weighted by molar-refractivity contribution is -0.140. The number of likely N-dealkylation sites (tertiary alicyclic amines) is 1. The number of carbonyl (C=O) groups excluding carboxylic acids is 2. The molecule has 184 valence electrons. The molecule has 8 heteroatoms. The van der Waals surface area contributed by atoms with Crippen molar-refractivity contribution in [3.05, 3.63) is 71.2 Å². The molecule has 3 aromatic rings. The van der Waals surface area contributed by atoms with Crippen LogP contribution in [0.2, 0.25) is 0 Å². The lowest BCUT2D eigenvalue weighted by Gasteiger charge is -2.27. The van der Waals surface area contributed by atoms with Crippen LogP contribution in [0, 0.1) is 6.92 Å². The van der Waals surface area contributed by atoms with Crippen molar-refractivity contribution in [1.82, 2.24) is 19.2 Å². The number of imidazole rings is 1. The van der Waals surface area contributed by atoms with Crippen LogP contribution in [0.25, 0.3) is 11.4 Å². The lowest BCUT2D eigenvalue weighted by Crippen LogP contribution is -2.33. The maximum absolute atomic E-state index is 13.4. The van der Waals surface area contributed by atoms with E-state index in [1.807, 2.05) is 36.4 Å². The topological polar surface area (TPSA) is 87.4 Å². The van der Waals surface area contributed by atoms with Crippen LogP contribution in [0.4, 0.5) is 0 Å². The minimum absolute atomic E-state index is 0.0519. The van der Waals surface area contributed by atoms with Gasteiger partial charge < -0.3 is 19.6 Å². The van der Waals surface area contributed by atoms with Crippen molar-refractivity contribution in [2.45, 2.75) is 33.2 Å². The number of aliphatic hydroxyl groups is 1. The van der Waals surface area contributed by atoms with Crippen LogP contribution in [-0.2, 0) is 9.59 Å². The van der Waals surface area contributed by atoms with Crippen LogP contribution in [0.1, 0.15) is 43.3 Å². The molecule has 1 amide bonds. The molecule has 0 bridgehead atoms. The number of Topliss-reactive ketones (excluding diaryl/α,β-unsaturated/α-hetero) is 1. The van der Waals surface area contributed by atoms with Gasteiger partial charge in [-0.25, -0.2) is 4.98 Å². The molecule has 1 fully saturated rings. The number of aliphatic hydroxyl groups excluding tert-OH is 1. The second-order valence-electron chi connectivity index (χ2n) is 8.59. The van der Waals surface area contributed by atoms with E-state index in [0.29, 0.717) is 41.3 Å². The molecule has 0 radical (unpaired) electrons. The molecule has 8 nitrogen and oxygen atoms in total. The minimum atomic E-state index is -0.767. The fraction of sp³-hybridized carbons (Fsp3) is 0.370. The number of nitrogens with zero attached hydrogens (tertiary/aromatic N) is 4. The van der Waals surface area contributed by atoms with Gasteiger partial charge in [-0.1, -0.05) is 38.1 Å². The van der Waals surface area contributed by atoms with Gasteiger partial charge in [0.2, 0.25) is 0 Å². The highest BCUT2D eigenvalue weighted by Gasteiger charge is 2.47. The van der Waals surface area contributed by atoms with Gasteiger partial charge in [0, 0.05) is 18.3 Å². The van der Waals surface area contributed by atoms with Crippen molar-refractivity contribution in [3.8, 4) is 5.75 Å². The molecule has 1 aliphatic heterocycles. The number of methoxy groups -OCH3 is 1. The number of hydrogen-bond acceptors (Lipinski definition) is 6. The Bertz CT molecular complexity index is 1280. The summed E-state index contributed by atoms with van der Waals surface area (Å²) in [6.45, 7) is 9.00. The number of para-hydroxylation sites is 1. The predicted molar refractivity (Wildman–Crippen MR) is 134 cm³/mol. The molecule has 0 aliphatic carbocycles. The van der Waals surface area contributed by atoms with Gasteiger partial charge in [-0.2, -0.15) is 0 Å². The van der Waals surface area contributed by atoms with Gasteiger partial charge in [-0.3, -0.25) is 14.0 Å². The highest BCUT2D eigenvalue weighted by molar-refractivity contribution is 6.46. The van der Waals surface area contributed by atoms with Crippen molar-refractivity contribution < 1.29 is 19.4 Å². The van der Waals surface area contributed by atoms with Crippen molar-refractivity contribution in [3.63, 3.8) is 0 Å². The quantitative estimate of drug-likeness (QED) is 0.287. The molecule has 2 aromatic heterocycles. The van der Waals surface area contributed by atoms with Crippen LogP contribution in [-0.4, -0.2) is 69.3 Å². The van der Waals surface area contributed by atoms with E-state index in [4.69, 9.17) is 4.74 Å². The summed E-state index contributed by atoms with van der Waals surface area (Å²) in [6, 6.07) is 12.1. The number of rotatable bonds is 9. The van der Waals surface area contributed by atoms with Gasteiger partial charge in [-0.15, -0.1) is 0 Å². The molecular formula is C27H32N4O4. The first kappa shape index (κ1) is 24.5. The molecule has 3 heterocycles. The van der Waals surface area contributed by atoms with Crippen molar-refractivity contribution >= 4 is 23.1 Å². The molecular weight excluding hydrogens is 444 g/mol. The second kappa shape index (κ2) is 10.3. The van der Waals surface area contributed by atoms with E-state index in [1.54, 1.807) is 35.6 Å². The SMILES string of the molecule is CCN(CC)CCCN1C(=O)C(=O)C(=C(O)c2c(C)nc3ccccn23)[C@H]1c1ccccc1OC. The smallest absolute Gasteiger partial charge is 0.295 e. The predicted octanol–water partition coefficient (Wildman–Crippen LogP) is 3.80. The fourth-order valence-electron chi connectivity index (χ4n) is 4.86. The van der Waals surface area contributed by atoms with Crippen LogP contribution >= 0.6 is 0 Å². The molecule has 0 saturated carbocycles. The Labute approximate surface area is 205 Å². The maximum atomic E-state index is 13.4. The average Bonchev–Trinajstić information content (AvgIpc) is 3.34. The van der Waals surface area contributed by atoms with Gasteiger partial charge in [0.25, 0.3) is 11.7 Å². The first-order valence-corrected chi connectivity index (χ1v) is 12.0. The zero-order chi connectivity index (χ0) is 25.1. The van der Waals surface area contributed by atoms with Gasteiger partial charge in [0.1, 0.15) is 17.1 Å². The Morgan fingerprint density at radius 3 is 2.54 bits per heavy atom. The van der Waals surface area contributed by atoms with E-state index in [1.165, 1.54) is 0 Å². The molecule has 4 rings (SSSR count). The van der Waals surface area contributed by atoms with E-state index < -0.39 is 17.7 Å². The Kier molecular flexibility index (Phi) is 7.21. The summed E-state index contributed by atoms with van der Waals surface area (Å²) in [6.07, 6.45) is 2.48. The van der Waals surface area contributed by atoms with Crippen molar-refractivity contribution in [2.75, 3.05) is 33.3 Å². The number of pyridine rings is 1. The largest absolute Gasteiger partial charge is 0.505 e. The summed E-state index contributed by atoms with van der Waals surface area (Å²) in [5.41, 5.74) is 2.33. The number of ether oxygens (including phenoxy) is 1. The summed E-state index contributed by atoms with van der Waals surface area (Å²) in [5.74, 6) is -1.00. The third-order valence-electron chi connectivity index (χ3n) is 6.67. The molecule has 1 saturated heterocycles. The Hall–Kier alpha value is -3.65. The third kappa shape index (κ3) is 4.41. The molecule has 1 atom stereocenters. The van der Waals surface area contributed by atoms with Crippen LogP contribution in [0.5, 0.6) is 5.75 Å². The van der Waals surface area contributed by atoms with Crippen molar-refractivity contribution in [2.24, 2.45) is 0 Å². The number of aromatic nitrogens is 2. The monoisotopic (exact) mass is 476 g/mol. The molecule has 0 unspecified atom stereocenters. The van der Waals surface area contributed by atoms with Crippen LogP contribution < -0.4 is 4.74 Å². The van der Waals surface area contributed by atoms with Crippen molar-refractivity contribution in [1.29, 1.82) is 0 Å². The number of amides is 1. The molecule has 1 aromatic carbocycles. The zero-order valence-electron chi connectivity index (χ0n) is 20.7. The third-order valence-corrected chi connectivity index (χ3v) is 6.67. The highest BCUT2D eigenvalue weighted by atomic mass is 16.5. The Balaban J connectivity index is 1.85. The van der Waals surface area contributed by atoms with E-state index >= 15 is 0 Å². The van der Waals surface area contributed by atoms with Crippen LogP contribution in [0.15, 0.2) is 54.2 Å². The van der Waals surface area contributed by atoms with E-state index in [2.05, 4.69) is 23.7 Å². The van der Waals surface area contributed by atoms with Gasteiger partial charge in [0.15, 0.2) is 5.76 Å². The van der Waals surface area contributed by atoms with E-state index in [0.717, 1.165) is 19.6 Å². The number of aryl methyl sites for hydroxylation is 1. The Morgan fingerprint density at radius 2 is 1.83 bits per heavy atom.